The number of esters is 1. The van der Waals surface area contributed by atoms with Crippen LogP contribution < -0.4 is 0 Å². The number of hydrogen-bond acceptors (Lipinski definition) is 4. The lowest BCUT2D eigenvalue weighted by Gasteiger charge is -2.04. The minimum Gasteiger partial charge on any atom is -0.508 e. The lowest BCUT2D eigenvalue weighted by Crippen LogP contribution is -2.04. The molecule has 0 aliphatic rings. The summed E-state index contributed by atoms with van der Waals surface area (Å²) in [6.45, 7) is 6.38. The van der Waals surface area contributed by atoms with Gasteiger partial charge in [0, 0.05) is 6.42 Å². The van der Waals surface area contributed by atoms with Gasteiger partial charge in [-0.15, -0.1) is 0 Å². The van der Waals surface area contributed by atoms with E-state index in [1.54, 1.807) is 25.1 Å². The van der Waals surface area contributed by atoms with Gasteiger partial charge in [-0.3, -0.25) is 4.79 Å². The van der Waals surface area contributed by atoms with Crippen molar-refractivity contribution in [2.24, 2.45) is 0 Å². The molecule has 0 heterocycles. The maximum atomic E-state index is 11.0. The Morgan fingerprint density at radius 2 is 1.68 bits per heavy atom. The third kappa shape index (κ3) is 8.36. The standard InChI is InChI=1S/C11H14O3.C9H12O.CH4/c1-2-14-11(13)7-6-9-4-3-5-10(12)8-9;1-7-4-3-5-8(2)9(7)6-10;/h3-5,8,12H,2,6-7H2,1H3;3-5,10H,6H2,1-2H3;1H4. The molecular formula is C21H30O4. The average Bonchev–Trinajstić information content (AvgIpc) is 2.54. The largest absolute Gasteiger partial charge is 0.508 e. The summed E-state index contributed by atoms with van der Waals surface area (Å²) in [7, 11) is 0. The number of aliphatic hydroxyl groups excluding tert-OH is 1. The van der Waals surface area contributed by atoms with Crippen LogP contribution in [0.1, 0.15) is 43.0 Å². The number of phenolic OH excluding ortho intramolecular Hbond substituents is 1. The molecule has 2 rings (SSSR count). The number of hydrogen-bond donors (Lipinski definition) is 2. The van der Waals surface area contributed by atoms with Gasteiger partial charge >= 0.3 is 5.97 Å². The predicted octanol–water partition coefficient (Wildman–Crippen LogP) is 4.32. The van der Waals surface area contributed by atoms with Crippen molar-refractivity contribution in [1.29, 1.82) is 0 Å². The molecule has 0 saturated carbocycles. The first-order valence-corrected chi connectivity index (χ1v) is 8.07. The summed E-state index contributed by atoms with van der Waals surface area (Å²) < 4.78 is 4.79. The Hall–Kier alpha value is -2.33. The van der Waals surface area contributed by atoms with Gasteiger partial charge in [0.25, 0.3) is 0 Å². The molecule has 0 aliphatic carbocycles. The number of benzene rings is 2. The highest BCUT2D eigenvalue weighted by Crippen LogP contribution is 2.13. The van der Waals surface area contributed by atoms with Gasteiger partial charge in [0.1, 0.15) is 5.75 Å². The first kappa shape index (κ1) is 22.7. The molecule has 0 amide bonds. The summed E-state index contributed by atoms with van der Waals surface area (Å²) in [6.07, 6.45) is 0.963. The molecule has 0 atom stereocenters. The van der Waals surface area contributed by atoms with Crippen LogP contribution >= 0.6 is 0 Å². The second-order valence-corrected chi connectivity index (χ2v) is 5.50. The average molecular weight is 346 g/mol. The van der Waals surface area contributed by atoms with E-state index in [0.717, 1.165) is 11.1 Å². The lowest BCUT2D eigenvalue weighted by molar-refractivity contribution is -0.143. The van der Waals surface area contributed by atoms with Gasteiger partial charge in [0.15, 0.2) is 0 Å². The van der Waals surface area contributed by atoms with Gasteiger partial charge in [0.05, 0.1) is 13.2 Å². The zero-order valence-corrected chi connectivity index (χ0v) is 14.6. The first-order valence-electron chi connectivity index (χ1n) is 8.07. The van der Waals surface area contributed by atoms with Crippen molar-refractivity contribution in [3.63, 3.8) is 0 Å². The second kappa shape index (κ2) is 12.1. The van der Waals surface area contributed by atoms with Crippen molar-refractivity contribution in [2.45, 2.75) is 47.6 Å². The van der Waals surface area contributed by atoms with Crippen molar-refractivity contribution < 1.29 is 19.7 Å². The maximum Gasteiger partial charge on any atom is 0.306 e. The van der Waals surface area contributed by atoms with Gasteiger partial charge in [-0.2, -0.15) is 0 Å². The van der Waals surface area contributed by atoms with E-state index in [-0.39, 0.29) is 25.8 Å². The Morgan fingerprint density at radius 1 is 1.08 bits per heavy atom. The van der Waals surface area contributed by atoms with Gasteiger partial charge < -0.3 is 14.9 Å². The van der Waals surface area contributed by atoms with E-state index in [9.17, 15) is 4.79 Å². The lowest BCUT2D eigenvalue weighted by atomic mass is 10.0. The van der Waals surface area contributed by atoms with Crippen molar-refractivity contribution in [3.05, 3.63) is 64.7 Å². The fourth-order valence-corrected chi connectivity index (χ4v) is 2.29. The van der Waals surface area contributed by atoms with E-state index in [1.165, 1.54) is 11.1 Å². The Morgan fingerprint density at radius 3 is 2.16 bits per heavy atom. The minimum atomic E-state index is -0.198. The van der Waals surface area contributed by atoms with Crippen LogP contribution in [0.5, 0.6) is 5.75 Å². The Labute approximate surface area is 151 Å². The zero-order valence-electron chi connectivity index (χ0n) is 14.6. The number of aromatic hydroxyl groups is 1. The van der Waals surface area contributed by atoms with Crippen molar-refractivity contribution in [3.8, 4) is 5.75 Å². The number of carbonyl (C=O) groups excluding carboxylic acids is 1. The van der Waals surface area contributed by atoms with Crippen molar-refractivity contribution >= 4 is 5.97 Å². The van der Waals surface area contributed by atoms with Crippen LogP contribution in [0.15, 0.2) is 42.5 Å². The fraction of sp³-hybridized carbons (Fsp3) is 0.381. The predicted molar refractivity (Wildman–Crippen MR) is 102 cm³/mol. The summed E-state index contributed by atoms with van der Waals surface area (Å²) in [5, 5.41) is 18.1. The number of ether oxygens (including phenoxy) is 1. The third-order valence-corrected chi connectivity index (χ3v) is 3.64. The highest BCUT2D eigenvalue weighted by molar-refractivity contribution is 5.69. The summed E-state index contributed by atoms with van der Waals surface area (Å²) in [5.41, 5.74) is 4.34. The van der Waals surface area contributed by atoms with Crippen LogP contribution in [0.3, 0.4) is 0 Å². The maximum absolute atomic E-state index is 11.0. The molecule has 0 fully saturated rings. The van der Waals surface area contributed by atoms with Gasteiger partial charge in [0.2, 0.25) is 0 Å². The van der Waals surface area contributed by atoms with E-state index < -0.39 is 0 Å². The fourth-order valence-electron chi connectivity index (χ4n) is 2.29. The molecule has 0 unspecified atom stereocenters. The molecular weight excluding hydrogens is 316 g/mol. The molecule has 0 spiro atoms. The van der Waals surface area contributed by atoms with Gasteiger partial charge in [-0.05, 0) is 61.6 Å². The molecule has 25 heavy (non-hydrogen) atoms. The SMILES string of the molecule is C.CCOC(=O)CCc1cccc(O)c1.Cc1cccc(C)c1CO. The van der Waals surface area contributed by atoms with E-state index in [1.807, 2.05) is 38.1 Å². The topological polar surface area (TPSA) is 66.8 Å². The molecule has 4 heteroatoms. The number of aliphatic hydroxyl groups is 1. The van der Waals surface area contributed by atoms with E-state index in [4.69, 9.17) is 14.9 Å². The smallest absolute Gasteiger partial charge is 0.306 e. The number of rotatable bonds is 5. The molecule has 4 nitrogen and oxygen atoms in total. The highest BCUT2D eigenvalue weighted by atomic mass is 16.5. The quantitative estimate of drug-likeness (QED) is 0.791. The first-order chi connectivity index (χ1) is 11.5. The summed E-state index contributed by atoms with van der Waals surface area (Å²) in [5.74, 6) is 0.0298. The van der Waals surface area contributed by atoms with Gasteiger partial charge in [-0.1, -0.05) is 37.8 Å². The summed E-state index contributed by atoms with van der Waals surface area (Å²) >= 11 is 0. The van der Waals surface area contributed by atoms with Crippen LogP contribution in [-0.4, -0.2) is 22.8 Å². The number of aryl methyl sites for hydroxylation is 3. The molecule has 2 aromatic carbocycles. The van der Waals surface area contributed by atoms with Crippen LogP contribution in [0, 0.1) is 13.8 Å². The Balaban J connectivity index is 0.000000465. The molecule has 0 aromatic heterocycles. The van der Waals surface area contributed by atoms with E-state index in [0.29, 0.717) is 19.4 Å². The third-order valence-electron chi connectivity index (χ3n) is 3.64. The monoisotopic (exact) mass is 346 g/mol. The molecule has 0 saturated heterocycles. The summed E-state index contributed by atoms with van der Waals surface area (Å²) in [4.78, 5) is 11.0. The van der Waals surface area contributed by atoms with E-state index >= 15 is 0 Å². The molecule has 2 N–H and O–H groups in total. The molecule has 0 bridgehead atoms. The van der Waals surface area contributed by atoms with Crippen molar-refractivity contribution in [1.82, 2.24) is 0 Å². The van der Waals surface area contributed by atoms with Crippen LogP contribution in [0.25, 0.3) is 0 Å². The van der Waals surface area contributed by atoms with Crippen LogP contribution in [-0.2, 0) is 22.6 Å². The highest BCUT2D eigenvalue weighted by Gasteiger charge is 2.02. The van der Waals surface area contributed by atoms with Crippen molar-refractivity contribution in [2.75, 3.05) is 6.61 Å². The number of carbonyl (C=O) groups is 1. The summed E-state index contributed by atoms with van der Waals surface area (Å²) in [6, 6.07) is 12.9. The molecule has 2 aromatic rings. The Bertz CT molecular complexity index is 630. The van der Waals surface area contributed by atoms with Crippen LogP contribution in [0.2, 0.25) is 0 Å². The van der Waals surface area contributed by atoms with Gasteiger partial charge in [-0.25, -0.2) is 0 Å². The zero-order chi connectivity index (χ0) is 17.9. The molecule has 0 radical (unpaired) electrons. The van der Waals surface area contributed by atoms with E-state index in [2.05, 4.69) is 0 Å². The Kier molecular flexibility index (Phi) is 11.0. The minimum absolute atomic E-state index is 0. The molecule has 0 aliphatic heterocycles. The van der Waals surface area contributed by atoms with Crippen LogP contribution in [0.4, 0.5) is 0 Å². The normalized spacial score (nSPS) is 9.44. The number of phenols is 1. The second-order valence-electron chi connectivity index (χ2n) is 5.50. The molecule has 138 valence electrons.